The van der Waals surface area contributed by atoms with Gasteiger partial charge in [0, 0.05) is 17.5 Å². The molecular formula is C12H16Cl4N2O2. The Hall–Kier alpha value is -0.390. The molecule has 0 radical (unpaired) electrons. The lowest BCUT2D eigenvalue weighted by atomic mass is 10.2. The van der Waals surface area contributed by atoms with Gasteiger partial charge in [0.15, 0.2) is 5.75 Å². The van der Waals surface area contributed by atoms with Crippen molar-refractivity contribution in [2.24, 2.45) is 11.7 Å². The fourth-order valence-corrected chi connectivity index (χ4v) is 2.20. The molecule has 20 heavy (non-hydrogen) atoms. The second kappa shape index (κ2) is 9.53. The molecule has 3 N–H and O–H groups in total. The van der Waals surface area contributed by atoms with E-state index in [1.165, 1.54) is 0 Å². The third kappa shape index (κ3) is 5.94. The minimum atomic E-state index is -0.220. The molecule has 0 aliphatic rings. The van der Waals surface area contributed by atoms with Gasteiger partial charge in [-0.25, -0.2) is 0 Å². The summed E-state index contributed by atoms with van der Waals surface area (Å²) in [5.41, 5.74) is 5.38. The summed E-state index contributed by atoms with van der Waals surface area (Å²) in [6, 6.07) is 3.08. The van der Waals surface area contributed by atoms with E-state index >= 15 is 0 Å². The van der Waals surface area contributed by atoms with E-state index in [4.69, 9.17) is 45.3 Å². The zero-order valence-corrected chi connectivity index (χ0v) is 13.9. The van der Waals surface area contributed by atoms with E-state index < -0.39 is 0 Å². The fourth-order valence-electron chi connectivity index (χ4n) is 1.28. The first kappa shape index (κ1) is 19.6. The van der Waals surface area contributed by atoms with Crippen LogP contribution in [0.2, 0.25) is 15.1 Å². The Balaban J connectivity index is 0.00000361. The highest BCUT2D eigenvalue weighted by Gasteiger charge is 2.11. The Kier molecular flexibility index (Phi) is 9.34. The molecule has 8 heteroatoms. The summed E-state index contributed by atoms with van der Waals surface area (Å²) in [6.45, 7) is 2.66. The van der Waals surface area contributed by atoms with Crippen LogP contribution in [0.25, 0.3) is 0 Å². The molecule has 1 unspecified atom stereocenters. The number of amides is 1. The third-order valence-electron chi connectivity index (χ3n) is 2.41. The molecule has 0 bridgehead atoms. The number of carbonyl (C=O) groups excluding carboxylic acids is 1. The summed E-state index contributed by atoms with van der Waals surface area (Å²) >= 11 is 17.7. The summed E-state index contributed by atoms with van der Waals surface area (Å²) in [6.07, 6.45) is 0. The Labute approximate surface area is 139 Å². The molecule has 0 aliphatic carbocycles. The summed E-state index contributed by atoms with van der Waals surface area (Å²) in [4.78, 5) is 11.4. The van der Waals surface area contributed by atoms with E-state index in [0.29, 0.717) is 33.9 Å². The molecule has 0 saturated carbocycles. The predicted molar refractivity (Wildman–Crippen MR) is 85.4 cm³/mol. The number of hydrogen-bond donors (Lipinski definition) is 2. The average Bonchev–Trinajstić information content (AvgIpc) is 2.35. The molecule has 1 aromatic carbocycles. The Bertz CT molecular complexity index is 434. The van der Waals surface area contributed by atoms with E-state index in [9.17, 15) is 4.79 Å². The Morgan fingerprint density at radius 1 is 1.35 bits per heavy atom. The molecule has 0 aromatic heterocycles. The van der Waals surface area contributed by atoms with Crippen LogP contribution in [-0.4, -0.2) is 25.6 Å². The second-order valence-electron chi connectivity index (χ2n) is 3.97. The van der Waals surface area contributed by atoms with Crippen LogP contribution in [0.1, 0.15) is 6.92 Å². The van der Waals surface area contributed by atoms with E-state index in [0.717, 1.165) is 0 Å². The van der Waals surface area contributed by atoms with Crippen LogP contribution in [0.3, 0.4) is 0 Å². The van der Waals surface area contributed by atoms with Crippen molar-refractivity contribution >= 4 is 53.1 Å². The maximum atomic E-state index is 11.4. The molecule has 114 valence electrons. The normalized spacial score (nSPS) is 11.4. The maximum Gasteiger partial charge on any atom is 0.224 e. The van der Waals surface area contributed by atoms with Crippen molar-refractivity contribution in [2.45, 2.75) is 6.92 Å². The lowest BCUT2D eigenvalue weighted by Gasteiger charge is -2.12. The zero-order chi connectivity index (χ0) is 14.4. The van der Waals surface area contributed by atoms with Gasteiger partial charge in [-0.05, 0) is 12.1 Å². The number of rotatable bonds is 6. The monoisotopic (exact) mass is 360 g/mol. The molecule has 1 rings (SSSR count). The molecule has 4 nitrogen and oxygen atoms in total. The van der Waals surface area contributed by atoms with E-state index in [-0.39, 0.29) is 30.8 Å². The number of halogens is 4. The van der Waals surface area contributed by atoms with Gasteiger partial charge < -0.3 is 15.8 Å². The smallest absolute Gasteiger partial charge is 0.224 e. The van der Waals surface area contributed by atoms with Crippen molar-refractivity contribution in [2.75, 3.05) is 19.7 Å². The van der Waals surface area contributed by atoms with Gasteiger partial charge in [-0.1, -0.05) is 41.7 Å². The predicted octanol–water partition coefficient (Wildman–Crippen LogP) is 3.16. The molecule has 0 saturated heterocycles. The first-order valence-electron chi connectivity index (χ1n) is 5.70. The van der Waals surface area contributed by atoms with Gasteiger partial charge in [0.2, 0.25) is 5.91 Å². The van der Waals surface area contributed by atoms with Crippen molar-refractivity contribution in [3.63, 3.8) is 0 Å². The summed E-state index contributed by atoms with van der Waals surface area (Å²) in [5.74, 6) is 0.0240. The van der Waals surface area contributed by atoms with Crippen LogP contribution in [0.15, 0.2) is 12.1 Å². The number of hydrogen-bond acceptors (Lipinski definition) is 3. The van der Waals surface area contributed by atoms with Crippen molar-refractivity contribution < 1.29 is 9.53 Å². The highest BCUT2D eigenvalue weighted by molar-refractivity contribution is 6.40. The van der Waals surface area contributed by atoms with Crippen LogP contribution in [-0.2, 0) is 4.79 Å². The molecule has 0 fully saturated rings. The molecule has 0 heterocycles. The largest absolute Gasteiger partial charge is 0.489 e. The topological polar surface area (TPSA) is 64.4 Å². The number of nitrogens with one attached hydrogen (secondary N) is 1. The Morgan fingerprint density at radius 2 is 1.90 bits per heavy atom. The van der Waals surface area contributed by atoms with Gasteiger partial charge in [-0.2, -0.15) is 0 Å². The van der Waals surface area contributed by atoms with Gasteiger partial charge in [0.25, 0.3) is 0 Å². The zero-order valence-electron chi connectivity index (χ0n) is 10.8. The van der Waals surface area contributed by atoms with Crippen molar-refractivity contribution in [1.82, 2.24) is 5.32 Å². The highest BCUT2D eigenvalue weighted by Crippen LogP contribution is 2.35. The quantitative estimate of drug-likeness (QED) is 0.765. The van der Waals surface area contributed by atoms with Crippen LogP contribution >= 0.6 is 47.2 Å². The second-order valence-corrected chi connectivity index (χ2v) is 5.23. The van der Waals surface area contributed by atoms with Crippen LogP contribution in [0, 0.1) is 5.92 Å². The van der Waals surface area contributed by atoms with Crippen LogP contribution in [0.4, 0.5) is 0 Å². The fraction of sp³-hybridized carbons (Fsp3) is 0.417. The molecule has 0 aliphatic heterocycles. The van der Waals surface area contributed by atoms with Gasteiger partial charge >= 0.3 is 0 Å². The summed E-state index contributed by atoms with van der Waals surface area (Å²) in [7, 11) is 0. The first-order chi connectivity index (χ1) is 8.95. The highest BCUT2D eigenvalue weighted by atomic mass is 35.5. The first-order valence-corrected chi connectivity index (χ1v) is 6.84. The summed E-state index contributed by atoms with van der Waals surface area (Å²) in [5, 5.41) is 3.80. The lowest BCUT2D eigenvalue weighted by molar-refractivity contribution is -0.124. The van der Waals surface area contributed by atoms with Gasteiger partial charge in [-0.15, -0.1) is 12.4 Å². The van der Waals surface area contributed by atoms with Crippen molar-refractivity contribution in [3.05, 3.63) is 27.2 Å². The van der Waals surface area contributed by atoms with E-state index in [1.54, 1.807) is 19.1 Å². The average molecular weight is 362 g/mol. The summed E-state index contributed by atoms with van der Waals surface area (Å²) < 4.78 is 5.42. The number of carbonyl (C=O) groups is 1. The van der Waals surface area contributed by atoms with Gasteiger partial charge in [0.05, 0.1) is 16.6 Å². The van der Waals surface area contributed by atoms with E-state index in [2.05, 4.69) is 5.32 Å². The standard InChI is InChI=1S/C12H15Cl3N2O2.ClH/c1-7(6-16)12(18)17-2-3-19-11-9(14)4-8(13)5-10(11)15;/h4-5,7H,2-3,6,16H2,1H3,(H,17,18);1H. The number of benzene rings is 1. The van der Waals surface area contributed by atoms with Crippen LogP contribution in [0.5, 0.6) is 5.75 Å². The van der Waals surface area contributed by atoms with Crippen LogP contribution < -0.4 is 15.8 Å². The van der Waals surface area contributed by atoms with Gasteiger partial charge in [-0.3, -0.25) is 4.79 Å². The molecule has 0 spiro atoms. The minimum absolute atomic E-state index is 0. The lowest BCUT2D eigenvalue weighted by Crippen LogP contribution is -2.35. The number of nitrogens with two attached hydrogens (primary N) is 1. The Morgan fingerprint density at radius 3 is 2.40 bits per heavy atom. The van der Waals surface area contributed by atoms with Crippen molar-refractivity contribution in [1.29, 1.82) is 0 Å². The minimum Gasteiger partial charge on any atom is -0.489 e. The SMILES string of the molecule is CC(CN)C(=O)NCCOc1c(Cl)cc(Cl)cc1Cl.Cl. The van der Waals surface area contributed by atoms with Crippen molar-refractivity contribution in [3.8, 4) is 5.75 Å². The maximum absolute atomic E-state index is 11.4. The van der Waals surface area contributed by atoms with E-state index in [1.807, 2.05) is 0 Å². The number of ether oxygens (including phenoxy) is 1. The third-order valence-corrected chi connectivity index (χ3v) is 3.19. The molecule has 1 aromatic rings. The molecule has 1 amide bonds. The van der Waals surface area contributed by atoms with Gasteiger partial charge in [0.1, 0.15) is 6.61 Å². The molecule has 1 atom stereocenters. The molecular weight excluding hydrogens is 346 g/mol.